The van der Waals surface area contributed by atoms with Crippen molar-refractivity contribution in [1.29, 1.82) is 0 Å². The fourth-order valence-corrected chi connectivity index (χ4v) is 3.11. The van der Waals surface area contributed by atoms with Crippen molar-refractivity contribution in [1.82, 2.24) is 0 Å². The molecule has 0 spiro atoms. The summed E-state index contributed by atoms with van der Waals surface area (Å²) >= 11 is 0. The van der Waals surface area contributed by atoms with Gasteiger partial charge in [-0.25, -0.2) is 9.59 Å². The van der Waals surface area contributed by atoms with E-state index in [1.54, 1.807) is 26.0 Å². The number of carbonyl (C=O) groups is 3. The summed E-state index contributed by atoms with van der Waals surface area (Å²) in [6.07, 6.45) is 7.42. The monoisotopic (exact) mass is 506 g/mol. The topological polar surface area (TPSA) is 78.9 Å². The standard InChI is InChI=1S/C31H38O6/c1-6-23-9-13-25(14-10-23)17-19-28(32)35-21-27(22-36-30(34)31(4,5)8-3)37-29(33)20-18-26-15-11-24(7-2)12-16-26/h9-20,27H,6-8,21-22H2,1-5H3/b19-17+,20-18+. The Morgan fingerprint density at radius 1 is 0.730 bits per heavy atom. The van der Waals surface area contributed by atoms with Crippen LogP contribution in [0, 0.1) is 5.41 Å². The summed E-state index contributed by atoms with van der Waals surface area (Å²) in [5.74, 6) is -1.63. The van der Waals surface area contributed by atoms with Crippen LogP contribution in [0.4, 0.5) is 0 Å². The number of ether oxygens (including phenoxy) is 3. The Morgan fingerprint density at radius 2 is 1.19 bits per heavy atom. The van der Waals surface area contributed by atoms with Crippen molar-refractivity contribution in [3.8, 4) is 0 Å². The molecule has 2 aromatic rings. The molecule has 0 amide bonds. The number of aryl methyl sites for hydroxylation is 2. The Morgan fingerprint density at radius 3 is 1.65 bits per heavy atom. The fraction of sp³-hybridized carbons (Fsp3) is 0.387. The van der Waals surface area contributed by atoms with Crippen LogP contribution < -0.4 is 0 Å². The van der Waals surface area contributed by atoms with Gasteiger partial charge in [-0.2, -0.15) is 0 Å². The summed E-state index contributed by atoms with van der Waals surface area (Å²) in [7, 11) is 0. The molecule has 0 aromatic heterocycles. The zero-order valence-electron chi connectivity index (χ0n) is 22.5. The van der Waals surface area contributed by atoms with Crippen molar-refractivity contribution in [3.63, 3.8) is 0 Å². The predicted octanol–water partition coefficient (Wildman–Crippen LogP) is 5.97. The predicted molar refractivity (Wildman–Crippen MR) is 146 cm³/mol. The summed E-state index contributed by atoms with van der Waals surface area (Å²) in [6.45, 7) is 9.13. The van der Waals surface area contributed by atoms with Gasteiger partial charge in [0.2, 0.25) is 0 Å². The van der Waals surface area contributed by atoms with Crippen molar-refractivity contribution in [2.45, 2.75) is 60.0 Å². The third-order valence-corrected chi connectivity index (χ3v) is 6.13. The van der Waals surface area contributed by atoms with Crippen LogP contribution in [-0.4, -0.2) is 37.2 Å². The molecular formula is C31H38O6. The summed E-state index contributed by atoms with van der Waals surface area (Å²) in [6, 6.07) is 15.7. The highest BCUT2D eigenvalue weighted by molar-refractivity contribution is 5.88. The van der Waals surface area contributed by atoms with Gasteiger partial charge in [-0.15, -0.1) is 0 Å². The number of hydrogen-bond acceptors (Lipinski definition) is 6. The Labute approximate surface area is 220 Å². The minimum atomic E-state index is -0.947. The van der Waals surface area contributed by atoms with E-state index in [0.29, 0.717) is 6.42 Å². The minimum Gasteiger partial charge on any atom is -0.461 e. The minimum absolute atomic E-state index is 0.220. The molecule has 0 N–H and O–H groups in total. The van der Waals surface area contributed by atoms with Crippen LogP contribution in [0.1, 0.15) is 63.3 Å². The molecule has 37 heavy (non-hydrogen) atoms. The second kappa shape index (κ2) is 14.8. The Kier molecular flexibility index (Phi) is 11.8. The van der Waals surface area contributed by atoms with E-state index in [2.05, 4.69) is 13.8 Å². The summed E-state index contributed by atoms with van der Waals surface area (Å²) in [5.41, 5.74) is 3.45. The van der Waals surface area contributed by atoms with Gasteiger partial charge in [0.05, 0.1) is 5.41 Å². The number of benzene rings is 2. The van der Waals surface area contributed by atoms with E-state index in [0.717, 1.165) is 24.0 Å². The molecule has 0 aliphatic carbocycles. The molecule has 0 aliphatic heterocycles. The van der Waals surface area contributed by atoms with Crippen molar-refractivity contribution in [2.24, 2.45) is 5.41 Å². The molecular weight excluding hydrogens is 468 g/mol. The van der Waals surface area contributed by atoms with Crippen molar-refractivity contribution in [3.05, 3.63) is 82.9 Å². The average Bonchev–Trinajstić information content (AvgIpc) is 2.92. The maximum Gasteiger partial charge on any atom is 0.331 e. The first-order valence-electron chi connectivity index (χ1n) is 12.8. The molecule has 198 valence electrons. The van der Waals surface area contributed by atoms with E-state index in [1.807, 2.05) is 55.5 Å². The number of hydrogen-bond donors (Lipinski definition) is 0. The summed E-state index contributed by atoms with van der Waals surface area (Å²) in [5, 5.41) is 0. The van der Waals surface area contributed by atoms with Crippen LogP contribution in [-0.2, 0) is 41.4 Å². The second-order valence-electron chi connectivity index (χ2n) is 9.38. The second-order valence-corrected chi connectivity index (χ2v) is 9.38. The van der Waals surface area contributed by atoms with Gasteiger partial charge < -0.3 is 14.2 Å². The highest BCUT2D eigenvalue weighted by Crippen LogP contribution is 2.21. The van der Waals surface area contributed by atoms with Crippen LogP contribution >= 0.6 is 0 Å². The lowest BCUT2D eigenvalue weighted by Crippen LogP contribution is -2.33. The van der Waals surface area contributed by atoms with E-state index in [9.17, 15) is 14.4 Å². The molecule has 0 radical (unpaired) electrons. The van der Waals surface area contributed by atoms with Crippen LogP contribution in [0.25, 0.3) is 12.2 Å². The summed E-state index contributed by atoms with van der Waals surface area (Å²) < 4.78 is 16.1. The van der Waals surface area contributed by atoms with Gasteiger partial charge >= 0.3 is 17.9 Å². The summed E-state index contributed by atoms with van der Waals surface area (Å²) in [4.78, 5) is 37.1. The van der Waals surface area contributed by atoms with Gasteiger partial charge in [0, 0.05) is 12.2 Å². The van der Waals surface area contributed by atoms with Gasteiger partial charge in [0.1, 0.15) is 13.2 Å². The zero-order chi connectivity index (χ0) is 27.3. The normalized spacial score (nSPS) is 12.5. The van der Waals surface area contributed by atoms with E-state index in [-0.39, 0.29) is 13.2 Å². The average molecular weight is 507 g/mol. The Bertz CT molecular complexity index is 1080. The third kappa shape index (κ3) is 10.5. The van der Waals surface area contributed by atoms with E-state index in [1.165, 1.54) is 23.3 Å². The first kappa shape index (κ1) is 29.6. The van der Waals surface area contributed by atoms with Crippen molar-refractivity contribution < 1.29 is 28.6 Å². The maximum atomic E-state index is 12.5. The van der Waals surface area contributed by atoms with Gasteiger partial charge in [0.15, 0.2) is 6.10 Å². The van der Waals surface area contributed by atoms with Crippen molar-refractivity contribution >= 4 is 30.1 Å². The lowest BCUT2D eigenvalue weighted by molar-refractivity contribution is -0.167. The quantitative estimate of drug-likeness (QED) is 0.189. The van der Waals surface area contributed by atoms with Gasteiger partial charge in [-0.1, -0.05) is 69.3 Å². The molecule has 0 saturated carbocycles. The number of carbonyl (C=O) groups excluding carboxylic acids is 3. The third-order valence-electron chi connectivity index (χ3n) is 6.13. The molecule has 2 rings (SSSR count). The van der Waals surface area contributed by atoms with Crippen LogP contribution in [0.2, 0.25) is 0 Å². The molecule has 6 nitrogen and oxygen atoms in total. The molecule has 0 fully saturated rings. The molecule has 0 bridgehead atoms. The smallest absolute Gasteiger partial charge is 0.331 e. The molecule has 0 heterocycles. The Hall–Kier alpha value is -3.67. The van der Waals surface area contributed by atoms with E-state index < -0.39 is 29.4 Å². The lowest BCUT2D eigenvalue weighted by atomic mass is 9.91. The molecule has 0 aliphatic rings. The number of rotatable bonds is 13. The molecule has 0 saturated heterocycles. The molecule has 2 aromatic carbocycles. The SMILES string of the molecule is CCc1ccc(/C=C/C(=O)OCC(COC(=O)C(C)(C)CC)OC(=O)/C=C/c2ccc(CC)cc2)cc1. The lowest BCUT2D eigenvalue weighted by Gasteiger charge is -2.23. The van der Waals surface area contributed by atoms with E-state index in [4.69, 9.17) is 14.2 Å². The molecule has 6 heteroatoms. The van der Waals surface area contributed by atoms with Crippen LogP contribution in [0.3, 0.4) is 0 Å². The van der Waals surface area contributed by atoms with Crippen molar-refractivity contribution in [2.75, 3.05) is 13.2 Å². The van der Waals surface area contributed by atoms with Gasteiger partial charge in [-0.3, -0.25) is 4.79 Å². The van der Waals surface area contributed by atoms with Crippen LogP contribution in [0.15, 0.2) is 60.7 Å². The molecule has 1 atom stereocenters. The zero-order valence-corrected chi connectivity index (χ0v) is 22.5. The van der Waals surface area contributed by atoms with Gasteiger partial charge in [-0.05, 0) is 67.5 Å². The fourth-order valence-electron chi connectivity index (χ4n) is 3.11. The van der Waals surface area contributed by atoms with E-state index >= 15 is 0 Å². The first-order chi connectivity index (χ1) is 17.7. The van der Waals surface area contributed by atoms with Gasteiger partial charge in [0.25, 0.3) is 0 Å². The maximum absolute atomic E-state index is 12.5. The largest absolute Gasteiger partial charge is 0.461 e. The van der Waals surface area contributed by atoms with Crippen LogP contribution in [0.5, 0.6) is 0 Å². The highest BCUT2D eigenvalue weighted by atomic mass is 16.6. The highest BCUT2D eigenvalue weighted by Gasteiger charge is 2.28. The first-order valence-corrected chi connectivity index (χ1v) is 12.8. The number of esters is 3. The Balaban J connectivity index is 1.99. The molecule has 1 unspecified atom stereocenters.